The first-order valence-electron chi connectivity index (χ1n) is 7.37. The van der Waals surface area contributed by atoms with Crippen molar-refractivity contribution in [3.63, 3.8) is 0 Å². The van der Waals surface area contributed by atoms with Crippen LogP contribution in [0.5, 0.6) is 11.5 Å². The van der Waals surface area contributed by atoms with E-state index in [1.807, 2.05) is 42.5 Å². The van der Waals surface area contributed by atoms with E-state index in [-0.39, 0.29) is 0 Å². The maximum atomic E-state index is 5.85. The highest BCUT2D eigenvalue weighted by molar-refractivity contribution is 14.1. The lowest BCUT2D eigenvalue weighted by Crippen LogP contribution is -2.00. The summed E-state index contributed by atoms with van der Waals surface area (Å²) in [5.74, 6) is 1.58. The minimum Gasteiger partial charge on any atom is -0.496 e. The van der Waals surface area contributed by atoms with Gasteiger partial charge in [0, 0.05) is 9.13 Å². The van der Waals surface area contributed by atoms with Gasteiger partial charge >= 0.3 is 0 Å². The Kier molecular flexibility index (Phi) is 5.82. The van der Waals surface area contributed by atoms with Crippen LogP contribution in [0.15, 0.2) is 53.9 Å². The van der Waals surface area contributed by atoms with Gasteiger partial charge in [-0.15, -0.1) is 0 Å². The van der Waals surface area contributed by atoms with Gasteiger partial charge in [0.2, 0.25) is 4.77 Å². The SMILES string of the molecule is COc1ccc(/C=N/n2cn[nH]c2=S)cc1COc1ccc(I)cc1. The number of halogens is 1. The number of hydrogen-bond donors (Lipinski definition) is 1. The predicted molar refractivity (Wildman–Crippen MR) is 107 cm³/mol. The number of aromatic nitrogens is 3. The Morgan fingerprint density at radius 1 is 1.28 bits per heavy atom. The molecule has 0 amide bonds. The Morgan fingerprint density at radius 2 is 2.08 bits per heavy atom. The number of nitrogens with zero attached hydrogens (tertiary/aromatic N) is 3. The van der Waals surface area contributed by atoms with Crippen molar-refractivity contribution in [2.24, 2.45) is 5.10 Å². The third kappa shape index (κ3) is 4.67. The molecule has 3 rings (SSSR count). The Labute approximate surface area is 163 Å². The molecule has 0 aliphatic heterocycles. The van der Waals surface area contributed by atoms with E-state index in [1.165, 1.54) is 14.6 Å². The van der Waals surface area contributed by atoms with E-state index in [0.29, 0.717) is 11.4 Å². The second-order valence-corrected chi connectivity index (χ2v) is 6.70. The number of nitrogens with one attached hydrogen (secondary N) is 1. The van der Waals surface area contributed by atoms with Gasteiger partial charge in [-0.3, -0.25) is 5.10 Å². The first-order valence-corrected chi connectivity index (χ1v) is 8.86. The van der Waals surface area contributed by atoms with E-state index >= 15 is 0 Å². The van der Waals surface area contributed by atoms with Gasteiger partial charge in [-0.25, -0.2) is 0 Å². The summed E-state index contributed by atoms with van der Waals surface area (Å²) in [5.41, 5.74) is 1.84. The largest absolute Gasteiger partial charge is 0.496 e. The summed E-state index contributed by atoms with van der Waals surface area (Å²) in [7, 11) is 1.64. The third-order valence-electron chi connectivity index (χ3n) is 3.38. The molecule has 0 aliphatic carbocycles. The van der Waals surface area contributed by atoms with Gasteiger partial charge in [-0.1, -0.05) is 0 Å². The first-order chi connectivity index (χ1) is 12.2. The molecule has 0 saturated carbocycles. The van der Waals surface area contributed by atoms with Crippen LogP contribution in [0.25, 0.3) is 0 Å². The number of methoxy groups -OCH3 is 1. The summed E-state index contributed by atoms with van der Waals surface area (Å²) in [4.78, 5) is 0. The molecule has 0 spiro atoms. The molecule has 1 aromatic heterocycles. The van der Waals surface area contributed by atoms with Crippen LogP contribution in [-0.4, -0.2) is 28.2 Å². The van der Waals surface area contributed by atoms with Crippen molar-refractivity contribution >= 4 is 41.0 Å². The molecule has 3 aromatic rings. The number of benzene rings is 2. The van der Waals surface area contributed by atoms with E-state index in [9.17, 15) is 0 Å². The zero-order valence-corrected chi connectivity index (χ0v) is 16.3. The van der Waals surface area contributed by atoms with Gasteiger partial charge in [-0.2, -0.15) is 14.9 Å². The molecule has 128 valence electrons. The van der Waals surface area contributed by atoms with Gasteiger partial charge in [0.1, 0.15) is 24.4 Å². The van der Waals surface area contributed by atoms with Crippen LogP contribution >= 0.6 is 34.8 Å². The number of hydrogen-bond acceptors (Lipinski definition) is 5. The Balaban J connectivity index is 1.77. The molecule has 8 heteroatoms. The lowest BCUT2D eigenvalue weighted by atomic mass is 10.1. The van der Waals surface area contributed by atoms with E-state index in [4.69, 9.17) is 21.7 Å². The maximum absolute atomic E-state index is 5.85. The van der Waals surface area contributed by atoms with Gasteiger partial charge < -0.3 is 9.47 Å². The molecule has 25 heavy (non-hydrogen) atoms. The van der Waals surface area contributed by atoms with E-state index in [1.54, 1.807) is 13.3 Å². The van der Waals surface area contributed by atoms with Crippen LogP contribution in [0.4, 0.5) is 0 Å². The van der Waals surface area contributed by atoms with Crippen LogP contribution in [0.3, 0.4) is 0 Å². The molecule has 0 atom stereocenters. The third-order valence-corrected chi connectivity index (χ3v) is 4.38. The molecule has 1 heterocycles. The van der Waals surface area contributed by atoms with Crippen molar-refractivity contribution < 1.29 is 9.47 Å². The van der Waals surface area contributed by atoms with Gasteiger partial charge in [0.05, 0.1) is 13.3 Å². The van der Waals surface area contributed by atoms with Crippen molar-refractivity contribution in [2.45, 2.75) is 6.61 Å². The number of H-pyrrole nitrogens is 1. The lowest BCUT2D eigenvalue weighted by Gasteiger charge is -2.11. The molecule has 0 fully saturated rings. The Morgan fingerprint density at radius 3 is 2.76 bits per heavy atom. The summed E-state index contributed by atoms with van der Waals surface area (Å²) in [6.45, 7) is 0.399. The lowest BCUT2D eigenvalue weighted by molar-refractivity contribution is 0.296. The van der Waals surface area contributed by atoms with Crippen LogP contribution < -0.4 is 9.47 Å². The van der Waals surface area contributed by atoms with Crippen LogP contribution in [0.2, 0.25) is 0 Å². The van der Waals surface area contributed by atoms with Crippen molar-refractivity contribution in [3.05, 3.63) is 68.3 Å². The second kappa shape index (κ2) is 8.26. The summed E-state index contributed by atoms with van der Waals surface area (Å²) in [6, 6.07) is 13.7. The fraction of sp³-hybridized carbons (Fsp3) is 0.118. The second-order valence-electron chi connectivity index (χ2n) is 5.06. The maximum Gasteiger partial charge on any atom is 0.216 e. The summed E-state index contributed by atoms with van der Waals surface area (Å²) in [6.07, 6.45) is 3.22. The predicted octanol–water partition coefficient (Wildman–Crippen LogP) is 4.02. The van der Waals surface area contributed by atoms with Crippen molar-refractivity contribution in [3.8, 4) is 11.5 Å². The molecule has 0 radical (unpaired) electrons. The van der Waals surface area contributed by atoms with Crippen LogP contribution in [0.1, 0.15) is 11.1 Å². The van der Waals surface area contributed by atoms with Crippen LogP contribution in [0, 0.1) is 8.34 Å². The fourth-order valence-corrected chi connectivity index (χ4v) is 2.64. The highest BCUT2D eigenvalue weighted by Gasteiger charge is 2.05. The number of rotatable bonds is 6. The average molecular weight is 466 g/mol. The summed E-state index contributed by atoms with van der Waals surface area (Å²) >= 11 is 7.32. The average Bonchev–Trinajstić information content (AvgIpc) is 3.04. The fourth-order valence-electron chi connectivity index (χ4n) is 2.14. The molecule has 0 aliphatic rings. The summed E-state index contributed by atoms with van der Waals surface area (Å²) < 4.78 is 14.4. The minimum absolute atomic E-state index is 0.399. The molecule has 2 aromatic carbocycles. The standard InChI is InChI=1S/C17H15IN4O2S/c1-23-16-7-2-12(9-20-22-11-19-21-17(22)25)8-13(16)10-24-15-5-3-14(18)4-6-15/h2-9,11H,10H2,1H3,(H,21,25)/b20-9+. The van der Waals surface area contributed by atoms with Crippen molar-refractivity contribution in [2.75, 3.05) is 7.11 Å². The van der Waals surface area contributed by atoms with E-state index in [0.717, 1.165) is 22.6 Å². The van der Waals surface area contributed by atoms with E-state index in [2.05, 4.69) is 37.9 Å². The molecule has 0 bridgehead atoms. The first kappa shape index (κ1) is 17.6. The quantitative estimate of drug-likeness (QED) is 0.339. The number of aromatic amines is 1. The zero-order chi connectivity index (χ0) is 17.6. The highest BCUT2D eigenvalue weighted by Crippen LogP contribution is 2.22. The molecule has 1 N–H and O–H groups in total. The monoisotopic (exact) mass is 466 g/mol. The highest BCUT2D eigenvalue weighted by atomic mass is 127. The summed E-state index contributed by atoms with van der Waals surface area (Å²) in [5, 5.41) is 10.7. The topological polar surface area (TPSA) is 64.4 Å². The zero-order valence-electron chi connectivity index (χ0n) is 13.3. The molecule has 6 nitrogen and oxygen atoms in total. The van der Waals surface area contributed by atoms with Crippen LogP contribution in [-0.2, 0) is 6.61 Å². The molecule has 0 saturated heterocycles. The van der Waals surface area contributed by atoms with Crippen molar-refractivity contribution in [1.29, 1.82) is 0 Å². The smallest absolute Gasteiger partial charge is 0.216 e. The van der Waals surface area contributed by atoms with Gasteiger partial charge in [0.15, 0.2) is 0 Å². The normalized spacial score (nSPS) is 11.0. The Bertz CT molecular complexity index is 934. The van der Waals surface area contributed by atoms with Gasteiger partial charge in [0.25, 0.3) is 0 Å². The Hall–Kier alpha value is -2.20. The molecule has 0 unspecified atom stereocenters. The molecular weight excluding hydrogens is 451 g/mol. The van der Waals surface area contributed by atoms with Gasteiger partial charge in [-0.05, 0) is 82.8 Å². The number of ether oxygens (including phenoxy) is 2. The molecular formula is C17H15IN4O2S. The minimum atomic E-state index is 0.399. The van der Waals surface area contributed by atoms with E-state index < -0.39 is 0 Å². The van der Waals surface area contributed by atoms with Crippen molar-refractivity contribution in [1.82, 2.24) is 14.9 Å².